The number of nitrogens with one attached hydrogen (secondary N) is 2. The smallest absolute Gasteiger partial charge is 0.395 e. The van der Waals surface area contributed by atoms with Gasteiger partial charge in [-0.3, -0.25) is 4.79 Å². The number of carbonyl (C=O) groups is 1. The molecule has 2 aromatic heterocycles. The summed E-state index contributed by atoms with van der Waals surface area (Å²) in [6, 6.07) is 16.5. The first-order chi connectivity index (χ1) is 17.3. The molecule has 3 heterocycles. The fourth-order valence-corrected chi connectivity index (χ4v) is 3.88. The van der Waals surface area contributed by atoms with Crippen molar-refractivity contribution in [2.45, 2.75) is 19.3 Å². The predicted molar refractivity (Wildman–Crippen MR) is 128 cm³/mol. The quantitative estimate of drug-likeness (QED) is 0.346. The number of aliphatic hydroxyl groups excluding tert-OH is 1. The molecule has 1 aliphatic heterocycles. The van der Waals surface area contributed by atoms with Crippen molar-refractivity contribution in [3.05, 3.63) is 95.9 Å². The second kappa shape index (κ2) is 9.31. The number of aliphatic hydroxyl groups is 1. The number of aryl methyl sites for hydroxylation is 1. The highest BCUT2D eigenvalue weighted by Gasteiger charge is 2.43. The van der Waals surface area contributed by atoms with Crippen LogP contribution in [0, 0.1) is 6.92 Å². The van der Waals surface area contributed by atoms with Gasteiger partial charge >= 0.3 is 6.29 Å². The van der Waals surface area contributed by atoms with Gasteiger partial charge in [0.05, 0.1) is 23.9 Å². The Morgan fingerprint density at radius 1 is 1.11 bits per heavy atom. The Bertz CT molecular complexity index is 1410. The van der Waals surface area contributed by atoms with E-state index in [2.05, 4.69) is 25.1 Å². The Morgan fingerprint density at radius 3 is 2.67 bits per heavy atom. The summed E-state index contributed by atoms with van der Waals surface area (Å²) in [4.78, 5) is 17.2. The third kappa shape index (κ3) is 4.84. The number of rotatable bonds is 7. The number of fused-ring (bicyclic) bond motifs is 1. The molecule has 8 nitrogen and oxygen atoms in total. The first-order valence-corrected chi connectivity index (χ1v) is 11.1. The highest BCUT2D eigenvalue weighted by molar-refractivity contribution is 5.94. The van der Waals surface area contributed by atoms with Crippen molar-refractivity contribution in [2.24, 2.45) is 0 Å². The zero-order valence-electron chi connectivity index (χ0n) is 19.1. The van der Waals surface area contributed by atoms with Gasteiger partial charge in [-0.15, -0.1) is 8.78 Å². The van der Waals surface area contributed by atoms with Crippen LogP contribution in [0.15, 0.2) is 79.3 Å². The largest absolute Gasteiger partial charge is 0.586 e. The van der Waals surface area contributed by atoms with Crippen LogP contribution in [0.25, 0.3) is 5.69 Å². The summed E-state index contributed by atoms with van der Waals surface area (Å²) in [7, 11) is 0. The number of carbonyl (C=O) groups excluding carboxylic acids is 1. The van der Waals surface area contributed by atoms with Gasteiger partial charge in [0.25, 0.3) is 5.91 Å². The van der Waals surface area contributed by atoms with Crippen molar-refractivity contribution in [1.29, 1.82) is 0 Å². The lowest BCUT2D eigenvalue weighted by atomic mass is 10.1. The van der Waals surface area contributed by atoms with Crippen molar-refractivity contribution in [1.82, 2.24) is 14.9 Å². The molecule has 0 aliphatic carbocycles. The third-order valence-corrected chi connectivity index (χ3v) is 5.67. The molecule has 0 radical (unpaired) electrons. The maximum atomic E-state index is 13.3. The number of anilines is 2. The van der Waals surface area contributed by atoms with Crippen molar-refractivity contribution >= 4 is 17.4 Å². The SMILES string of the molecule is Cc1cnc(Nc2ccc3c(c2)OC(F)(F)O3)cc1-n1ccc(C(=O)NC(CO)c2ccccc2)c1. The molecule has 36 heavy (non-hydrogen) atoms. The molecule has 0 spiro atoms. The fraction of sp³-hybridized carbons (Fsp3) is 0.154. The van der Waals surface area contributed by atoms with Crippen LogP contribution in [0.4, 0.5) is 20.3 Å². The Morgan fingerprint density at radius 2 is 1.89 bits per heavy atom. The lowest BCUT2D eigenvalue weighted by Crippen LogP contribution is -2.30. The summed E-state index contributed by atoms with van der Waals surface area (Å²) < 4.78 is 37.3. The summed E-state index contributed by atoms with van der Waals surface area (Å²) in [5.74, 6) is 0.0243. The number of alkyl halides is 2. The molecule has 5 rings (SSSR count). The Labute approximate surface area is 205 Å². The van der Waals surface area contributed by atoms with Gasteiger partial charge in [-0.05, 0) is 36.2 Å². The van der Waals surface area contributed by atoms with Crippen LogP contribution in [0.1, 0.15) is 27.5 Å². The van der Waals surface area contributed by atoms with Crippen LogP contribution in [0.2, 0.25) is 0 Å². The molecule has 0 saturated carbocycles. The summed E-state index contributed by atoms with van der Waals surface area (Å²) >= 11 is 0. The number of aromatic nitrogens is 2. The van der Waals surface area contributed by atoms with E-state index in [1.165, 1.54) is 12.1 Å². The highest BCUT2D eigenvalue weighted by Crippen LogP contribution is 2.42. The molecule has 3 N–H and O–H groups in total. The molecule has 1 atom stereocenters. The molecule has 2 aromatic carbocycles. The predicted octanol–water partition coefficient (Wildman–Crippen LogP) is 4.71. The topological polar surface area (TPSA) is 97.6 Å². The van der Waals surface area contributed by atoms with E-state index in [0.29, 0.717) is 17.1 Å². The van der Waals surface area contributed by atoms with Gasteiger partial charge in [-0.1, -0.05) is 30.3 Å². The van der Waals surface area contributed by atoms with E-state index in [4.69, 9.17) is 0 Å². The summed E-state index contributed by atoms with van der Waals surface area (Å²) in [5.41, 5.74) is 3.33. The number of halogens is 2. The Kier molecular flexibility index (Phi) is 6.03. The number of nitrogens with zero attached hydrogens (tertiary/aromatic N) is 2. The van der Waals surface area contributed by atoms with E-state index >= 15 is 0 Å². The van der Waals surface area contributed by atoms with E-state index in [9.17, 15) is 18.7 Å². The molecule has 184 valence electrons. The number of benzene rings is 2. The number of hydrogen-bond donors (Lipinski definition) is 3. The molecule has 1 aliphatic rings. The number of ether oxygens (including phenoxy) is 2. The van der Waals surface area contributed by atoms with Gasteiger partial charge in [-0.25, -0.2) is 4.98 Å². The van der Waals surface area contributed by atoms with E-state index in [1.807, 2.05) is 37.3 Å². The zero-order valence-corrected chi connectivity index (χ0v) is 19.1. The molecule has 0 saturated heterocycles. The first-order valence-electron chi connectivity index (χ1n) is 11.1. The van der Waals surface area contributed by atoms with Crippen LogP contribution in [-0.2, 0) is 0 Å². The maximum Gasteiger partial charge on any atom is 0.586 e. The molecule has 0 bridgehead atoms. The lowest BCUT2D eigenvalue weighted by molar-refractivity contribution is -0.286. The van der Waals surface area contributed by atoms with Gasteiger partial charge in [-0.2, -0.15) is 0 Å². The molecule has 1 amide bonds. The molecular weight excluding hydrogens is 470 g/mol. The maximum absolute atomic E-state index is 13.3. The van der Waals surface area contributed by atoms with Crippen molar-refractivity contribution in [2.75, 3.05) is 11.9 Å². The van der Waals surface area contributed by atoms with Crippen LogP contribution in [0.3, 0.4) is 0 Å². The molecule has 4 aromatic rings. The number of hydrogen-bond acceptors (Lipinski definition) is 6. The third-order valence-electron chi connectivity index (χ3n) is 5.67. The average molecular weight is 492 g/mol. The van der Waals surface area contributed by atoms with E-state index < -0.39 is 12.3 Å². The summed E-state index contributed by atoms with van der Waals surface area (Å²) in [5, 5.41) is 15.7. The molecule has 0 fully saturated rings. The van der Waals surface area contributed by atoms with Gasteiger partial charge < -0.3 is 29.8 Å². The molecular formula is C26H22F2N4O4. The van der Waals surface area contributed by atoms with Gasteiger partial charge in [0.2, 0.25) is 0 Å². The standard InChI is InChI=1S/C26H22F2N4O4/c1-16-13-29-24(30-19-7-8-22-23(11-19)36-26(27,28)35-22)12-21(16)32-10-9-18(14-32)25(34)31-20(15-33)17-5-3-2-4-6-17/h2-14,20,33H,15H2,1H3,(H,29,30)(H,31,34). The van der Waals surface area contributed by atoms with Crippen molar-refractivity contribution in [3.8, 4) is 17.2 Å². The summed E-state index contributed by atoms with van der Waals surface area (Å²) in [6.07, 6.45) is 1.41. The second-order valence-corrected chi connectivity index (χ2v) is 8.24. The monoisotopic (exact) mass is 492 g/mol. The minimum atomic E-state index is -3.69. The van der Waals surface area contributed by atoms with Crippen molar-refractivity contribution in [3.63, 3.8) is 0 Å². The van der Waals surface area contributed by atoms with Crippen LogP contribution in [0.5, 0.6) is 11.5 Å². The van der Waals surface area contributed by atoms with Gasteiger partial charge in [0, 0.05) is 36.4 Å². The van der Waals surface area contributed by atoms with E-state index in [-0.39, 0.29) is 24.0 Å². The zero-order chi connectivity index (χ0) is 25.3. The molecule has 1 unspecified atom stereocenters. The minimum Gasteiger partial charge on any atom is -0.395 e. The van der Waals surface area contributed by atoms with Crippen LogP contribution < -0.4 is 20.1 Å². The van der Waals surface area contributed by atoms with E-state index in [1.54, 1.807) is 41.4 Å². The Hall–Kier alpha value is -4.44. The van der Waals surface area contributed by atoms with Crippen LogP contribution in [-0.4, -0.2) is 33.5 Å². The lowest BCUT2D eigenvalue weighted by Gasteiger charge is -2.16. The van der Waals surface area contributed by atoms with Gasteiger partial charge in [0.1, 0.15) is 5.82 Å². The fourth-order valence-electron chi connectivity index (χ4n) is 3.88. The summed E-state index contributed by atoms with van der Waals surface area (Å²) in [6.45, 7) is 1.65. The van der Waals surface area contributed by atoms with Crippen molar-refractivity contribution < 1.29 is 28.2 Å². The van der Waals surface area contributed by atoms with Gasteiger partial charge in [0.15, 0.2) is 11.5 Å². The van der Waals surface area contributed by atoms with Crippen LogP contribution >= 0.6 is 0 Å². The Balaban J connectivity index is 1.33. The van der Waals surface area contributed by atoms with E-state index in [0.717, 1.165) is 16.8 Å². The normalized spacial score (nSPS) is 14.3. The number of pyridine rings is 1. The molecule has 10 heteroatoms. The average Bonchev–Trinajstić information content (AvgIpc) is 3.47. The number of amides is 1. The highest BCUT2D eigenvalue weighted by atomic mass is 19.3. The second-order valence-electron chi connectivity index (χ2n) is 8.24. The first kappa shape index (κ1) is 23.3. The minimum absolute atomic E-state index is 0.0445.